The third-order valence-corrected chi connectivity index (χ3v) is 5.06. The third kappa shape index (κ3) is 3.70. The Balaban J connectivity index is 2.95. The Hall–Kier alpha value is -1.09. The van der Waals surface area contributed by atoms with Crippen LogP contribution in [-0.4, -0.2) is 14.2 Å². The molecular formula is C15H22O2S. The van der Waals surface area contributed by atoms with Crippen LogP contribution in [-0.2, 0) is 9.84 Å². The molecule has 0 aliphatic heterocycles. The lowest BCUT2D eigenvalue weighted by atomic mass is 9.93. The molecule has 0 aliphatic rings. The van der Waals surface area contributed by atoms with Gasteiger partial charge in [0.25, 0.3) is 0 Å². The molecule has 0 spiro atoms. The lowest BCUT2D eigenvalue weighted by Crippen LogP contribution is -2.06. The van der Waals surface area contributed by atoms with Crippen molar-refractivity contribution >= 4 is 9.84 Å². The van der Waals surface area contributed by atoms with E-state index in [0.29, 0.717) is 17.2 Å². The molecule has 1 atom stereocenters. The van der Waals surface area contributed by atoms with E-state index in [-0.39, 0.29) is 5.75 Å². The summed E-state index contributed by atoms with van der Waals surface area (Å²) in [6.07, 6.45) is 4.53. The van der Waals surface area contributed by atoms with Gasteiger partial charge in [-0.05, 0) is 42.9 Å². The first-order valence-corrected chi connectivity index (χ1v) is 8.14. The fourth-order valence-electron chi connectivity index (χ4n) is 2.07. The Morgan fingerprint density at radius 1 is 1.22 bits per heavy atom. The summed E-state index contributed by atoms with van der Waals surface area (Å²) in [5, 5.41) is 0. The molecule has 3 heteroatoms. The SMILES string of the molecule is C=CCC(CC)c1ccc(S(=O)(=O)CCC)cc1. The summed E-state index contributed by atoms with van der Waals surface area (Å²) in [5.74, 6) is 0.654. The van der Waals surface area contributed by atoms with Gasteiger partial charge in [-0.2, -0.15) is 0 Å². The molecule has 0 bridgehead atoms. The van der Waals surface area contributed by atoms with Gasteiger partial charge in [0, 0.05) is 0 Å². The molecule has 1 aromatic rings. The number of sulfone groups is 1. The maximum atomic E-state index is 11.9. The van der Waals surface area contributed by atoms with Crippen molar-refractivity contribution in [3.8, 4) is 0 Å². The molecular weight excluding hydrogens is 244 g/mol. The average molecular weight is 266 g/mol. The van der Waals surface area contributed by atoms with E-state index in [2.05, 4.69) is 13.5 Å². The molecule has 0 saturated heterocycles. The topological polar surface area (TPSA) is 34.1 Å². The van der Waals surface area contributed by atoms with Gasteiger partial charge < -0.3 is 0 Å². The molecule has 0 fully saturated rings. The zero-order valence-electron chi connectivity index (χ0n) is 11.2. The first-order chi connectivity index (χ1) is 8.55. The number of rotatable bonds is 7. The maximum Gasteiger partial charge on any atom is 0.178 e. The Morgan fingerprint density at radius 3 is 2.28 bits per heavy atom. The fourth-order valence-corrected chi connectivity index (χ4v) is 3.40. The average Bonchev–Trinajstić information content (AvgIpc) is 2.36. The van der Waals surface area contributed by atoms with Gasteiger partial charge in [-0.1, -0.05) is 32.1 Å². The highest BCUT2D eigenvalue weighted by Gasteiger charge is 2.14. The van der Waals surface area contributed by atoms with Crippen molar-refractivity contribution in [2.75, 3.05) is 5.75 Å². The van der Waals surface area contributed by atoms with Crippen molar-refractivity contribution in [3.05, 3.63) is 42.5 Å². The molecule has 0 amide bonds. The van der Waals surface area contributed by atoms with E-state index in [0.717, 1.165) is 12.8 Å². The minimum absolute atomic E-state index is 0.218. The quantitative estimate of drug-likeness (QED) is 0.700. The van der Waals surface area contributed by atoms with Crippen molar-refractivity contribution in [1.82, 2.24) is 0 Å². The van der Waals surface area contributed by atoms with Gasteiger partial charge in [-0.25, -0.2) is 8.42 Å². The largest absolute Gasteiger partial charge is 0.224 e. The van der Waals surface area contributed by atoms with Gasteiger partial charge in [0.1, 0.15) is 0 Å². The van der Waals surface area contributed by atoms with Crippen LogP contribution in [0.4, 0.5) is 0 Å². The van der Waals surface area contributed by atoms with E-state index in [1.807, 2.05) is 25.1 Å². The summed E-state index contributed by atoms with van der Waals surface area (Å²) in [7, 11) is -3.09. The maximum absolute atomic E-state index is 11.9. The highest BCUT2D eigenvalue weighted by atomic mass is 32.2. The number of allylic oxidation sites excluding steroid dienone is 1. The Morgan fingerprint density at radius 2 is 1.83 bits per heavy atom. The standard InChI is InChI=1S/C15H22O2S/c1-4-7-13(6-3)14-8-10-15(11-9-14)18(16,17)12-5-2/h4,8-11,13H,1,5-7,12H2,2-3H3. The fraction of sp³-hybridized carbons (Fsp3) is 0.467. The minimum atomic E-state index is -3.09. The molecule has 0 N–H and O–H groups in total. The predicted molar refractivity (Wildman–Crippen MR) is 76.6 cm³/mol. The van der Waals surface area contributed by atoms with Crippen molar-refractivity contribution in [1.29, 1.82) is 0 Å². The molecule has 2 nitrogen and oxygen atoms in total. The van der Waals surface area contributed by atoms with Gasteiger partial charge >= 0.3 is 0 Å². The zero-order chi connectivity index (χ0) is 13.6. The first kappa shape index (κ1) is 15.0. The van der Waals surface area contributed by atoms with Gasteiger partial charge in [0.05, 0.1) is 10.6 Å². The van der Waals surface area contributed by atoms with Crippen LogP contribution in [0.3, 0.4) is 0 Å². The summed E-state index contributed by atoms with van der Waals surface area (Å²) in [5.41, 5.74) is 1.19. The summed E-state index contributed by atoms with van der Waals surface area (Å²) >= 11 is 0. The minimum Gasteiger partial charge on any atom is -0.224 e. The molecule has 1 rings (SSSR count). The smallest absolute Gasteiger partial charge is 0.178 e. The Kier molecular flexibility index (Phi) is 5.60. The summed E-state index contributed by atoms with van der Waals surface area (Å²) in [4.78, 5) is 0.432. The van der Waals surface area contributed by atoms with Gasteiger partial charge in [0.2, 0.25) is 0 Å². The van der Waals surface area contributed by atoms with Crippen LogP contribution in [0, 0.1) is 0 Å². The number of hydrogen-bond acceptors (Lipinski definition) is 2. The second-order valence-electron chi connectivity index (χ2n) is 4.52. The van der Waals surface area contributed by atoms with Crippen molar-refractivity contribution in [2.24, 2.45) is 0 Å². The van der Waals surface area contributed by atoms with Crippen LogP contribution < -0.4 is 0 Å². The molecule has 1 unspecified atom stereocenters. The van der Waals surface area contributed by atoms with E-state index >= 15 is 0 Å². The monoisotopic (exact) mass is 266 g/mol. The molecule has 18 heavy (non-hydrogen) atoms. The van der Waals surface area contributed by atoms with Gasteiger partial charge in [-0.15, -0.1) is 6.58 Å². The molecule has 0 saturated carbocycles. The number of hydrogen-bond donors (Lipinski definition) is 0. The van der Waals surface area contributed by atoms with Crippen LogP contribution in [0.1, 0.15) is 44.6 Å². The van der Waals surface area contributed by atoms with Crippen molar-refractivity contribution in [2.45, 2.75) is 43.9 Å². The molecule has 0 aromatic heterocycles. The third-order valence-electron chi connectivity index (χ3n) is 3.13. The lowest BCUT2D eigenvalue weighted by molar-refractivity contribution is 0.594. The van der Waals surface area contributed by atoms with E-state index < -0.39 is 9.84 Å². The summed E-state index contributed by atoms with van der Waals surface area (Å²) < 4.78 is 23.8. The number of benzene rings is 1. The summed E-state index contributed by atoms with van der Waals surface area (Å²) in [6.45, 7) is 7.77. The molecule has 0 aliphatic carbocycles. The van der Waals surface area contributed by atoms with Crippen LogP contribution in [0.2, 0.25) is 0 Å². The predicted octanol–water partition coefficient (Wildman–Crippen LogP) is 3.94. The van der Waals surface area contributed by atoms with Gasteiger partial charge in [0.15, 0.2) is 9.84 Å². The normalized spacial score (nSPS) is 13.2. The summed E-state index contributed by atoms with van der Waals surface area (Å²) in [6, 6.07) is 7.32. The van der Waals surface area contributed by atoms with E-state index in [1.165, 1.54) is 5.56 Å². The van der Waals surface area contributed by atoms with E-state index in [4.69, 9.17) is 0 Å². The Bertz CT molecular complexity index is 472. The second kappa shape index (κ2) is 6.74. The van der Waals surface area contributed by atoms with Gasteiger partial charge in [-0.3, -0.25) is 0 Å². The molecule has 0 heterocycles. The molecule has 100 valence electrons. The second-order valence-corrected chi connectivity index (χ2v) is 6.63. The van der Waals surface area contributed by atoms with Crippen LogP contribution in [0.15, 0.2) is 41.8 Å². The van der Waals surface area contributed by atoms with Crippen molar-refractivity contribution < 1.29 is 8.42 Å². The molecule has 1 aromatic carbocycles. The van der Waals surface area contributed by atoms with Crippen LogP contribution in [0.5, 0.6) is 0 Å². The van der Waals surface area contributed by atoms with Crippen molar-refractivity contribution in [3.63, 3.8) is 0 Å². The van der Waals surface area contributed by atoms with E-state index in [1.54, 1.807) is 12.1 Å². The molecule has 0 radical (unpaired) electrons. The zero-order valence-corrected chi connectivity index (χ0v) is 12.0. The van der Waals surface area contributed by atoms with Crippen LogP contribution in [0.25, 0.3) is 0 Å². The highest BCUT2D eigenvalue weighted by molar-refractivity contribution is 7.91. The first-order valence-electron chi connectivity index (χ1n) is 6.48. The highest BCUT2D eigenvalue weighted by Crippen LogP contribution is 2.25. The van der Waals surface area contributed by atoms with Crippen LogP contribution >= 0.6 is 0 Å². The van der Waals surface area contributed by atoms with E-state index in [9.17, 15) is 8.42 Å². The lowest BCUT2D eigenvalue weighted by Gasteiger charge is -2.13. The Labute approximate surface area is 111 Å².